The van der Waals surface area contributed by atoms with E-state index in [4.69, 9.17) is 13.3 Å². The topological polar surface area (TPSA) is 27.7 Å². The van der Waals surface area contributed by atoms with E-state index in [0.717, 1.165) is 26.1 Å². The van der Waals surface area contributed by atoms with Crippen LogP contribution in [-0.4, -0.2) is 29.9 Å². The highest BCUT2D eigenvalue weighted by molar-refractivity contribution is 6.36. The number of rotatable bonds is 35. The van der Waals surface area contributed by atoms with Crippen LogP contribution in [0, 0.1) is 0 Å². The van der Waals surface area contributed by atoms with Gasteiger partial charge >= 0.3 is 9.53 Å². The fourth-order valence-corrected chi connectivity index (χ4v) is 6.33. The molecule has 0 bridgehead atoms. The molecule has 0 atom stereocenters. The van der Waals surface area contributed by atoms with Gasteiger partial charge in [0.25, 0.3) is 0 Å². The Morgan fingerprint density at radius 2 is 0.634 bits per heavy atom. The Morgan fingerprint density at radius 1 is 0.366 bits per heavy atom. The van der Waals surface area contributed by atoms with Crippen molar-refractivity contribution in [1.29, 1.82) is 0 Å². The lowest BCUT2D eigenvalue weighted by Gasteiger charge is -2.14. The summed E-state index contributed by atoms with van der Waals surface area (Å²) in [6, 6.07) is 0. The van der Waals surface area contributed by atoms with Crippen LogP contribution >= 0.6 is 0 Å². The minimum absolute atomic E-state index is 0.791. The molecule has 0 aromatic rings. The summed E-state index contributed by atoms with van der Waals surface area (Å²) in [5, 5.41) is 0. The van der Waals surface area contributed by atoms with E-state index in [9.17, 15) is 0 Å². The molecule has 0 unspecified atom stereocenters. The largest absolute Gasteiger partial charge is 0.483 e. The number of unbranched alkanes of at least 4 members (excludes halogenated alkanes) is 24. The fraction of sp³-hybridized carbons (Fsp3) is 0.892. The zero-order chi connectivity index (χ0) is 29.7. The maximum absolute atomic E-state index is 5.92. The molecule has 0 rings (SSSR count). The third-order valence-corrected chi connectivity index (χ3v) is 9.41. The molecule has 0 spiro atoms. The summed E-state index contributed by atoms with van der Waals surface area (Å²) in [5.74, 6) is 0. The molecule has 0 fully saturated rings. The summed E-state index contributed by atoms with van der Waals surface area (Å²) in [6.07, 6.45) is 47.0. The first-order valence-corrected chi connectivity index (χ1v) is 19.8. The highest BCUT2D eigenvalue weighted by Gasteiger charge is 2.12. The van der Waals surface area contributed by atoms with Crippen molar-refractivity contribution in [2.24, 2.45) is 0 Å². The molecular formula is C37H74O3Si. The molecule has 0 N–H and O–H groups in total. The van der Waals surface area contributed by atoms with Gasteiger partial charge in [-0.15, -0.1) is 0 Å². The Kier molecular flexibility index (Phi) is 37.2. The van der Waals surface area contributed by atoms with Gasteiger partial charge in [0.1, 0.15) is 0 Å². The van der Waals surface area contributed by atoms with Crippen molar-refractivity contribution in [2.75, 3.05) is 20.3 Å². The lowest BCUT2D eigenvalue weighted by atomic mass is 10.1. The second-order valence-corrected chi connectivity index (χ2v) is 13.9. The molecule has 41 heavy (non-hydrogen) atoms. The van der Waals surface area contributed by atoms with E-state index < -0.39 is 9.53 Å². The number of hydrogen-bond donors (Lipinski definition) is 0. The van der Waals surface area contributed by atoms with Crippen LogP contribution in [0.1, 0.15) is 194 Å². The average molecular weight is 595 g/mol. The SMILES string of the molecule is CCCCCCCCC=CCCCCCCCCO[SiH](OC)OCCCCCCCCC=CCCCCCCCC. The van der Waals surface area contributed by atoms with Crippen molar-refractivity contribution in [3.05, 3.63) is 24.3 Å². The third-order valence-electron chi connectivity index (χ3n) is 8.01. The highest BCUT2D eigenvalue weighted by atomic mass is 28.3. The van der Waals surface area contributed by atoms with Gasteiger partial charge in [0.15, 0.2) is 0 Å². The van der Waals surface area contributed by atoms with Crippen LogP contribution in [0.2, 0.25) is 0 Å². The van der Waals surface area contributed by atoms with E-state index in [1.54, 1.807) is 7.11 Å². The lowest BCUT2D eigenvalue weighted by molar-refractivity contribution is 0.109. The second kappa shape index (κ2) is 37.6. The molecule has 0 saturated carbocycles. The molecule has 0 saturated heterocycles. The lowest BCUT2D eigenvalue weighted by Crippen LogP contribution is -2.26. The summed E-state index contributed by atoms with van der Waals surface area (Å²) in [6.45, 7) is 6.15. The van der Waals surface area contributed by atoms with Crippen LogP contribution in [0.15, 0.2) is 24.3 Å². The van der Waals surface area contributed by atoms with Crippen molar-refractivity contribution in [2.45, 2.75) is 194 Å². The standard InChI is InChI=1S/C37H74O3Si/c1-4-6-8-10-12-14-16-18-20-22-24-26-28-30-32-34-36-39-41(38-3)40-37-35-33-31-29-27-25-23-21-19-17-15-13-11-9-7-5-2/h18-21,41H,4-17,22-37H2,1-3H3. The molecule has 0 aliphatic rings. The summed E-state index contributed by atoms with van der Waals surface area (Å²) < 4.78 is 17.3. The van der Waals surface area contributed by atoms with Crippen LogP contribution in [0.4, 0.5) is 0 Å². The zero-order valence-corrected chi connectivity index (χ0v) is 29.5. The maximum atomic E-state index is 5.92. The molecule has 0 aromatic carbocycles. The Morgan fingerprint density at radius 3 is 0.927 bits per heavy atom. The van der Waals surface area contributed by atoms with Crippen molar-refractivity contribution < 1.29 is 13.3 Å². The predicted octanol–water partition coefficient (Wildman–Crippen LogP) is 12.5. The quantitative estimate of drug-likeness (QED) is 0.0415. The minimum Gasteiger partial charge on any atom is -0.379 e. The molecule has 0 aromatic heterocycles. The Hall–Kier alpha value is -0.423. The molecular weight excluding hydrogens is 520 g/mol. The fourth-order valence-electron chi connectivity index (χ4n) is 5.24. The van der Waals surface area contributed by atoms with E-state index in [-0.39, 0.29) is 0 Å². The van der Waals surface area contributed by atoms with E-state index in [1.807, 2.05) is 0 Å². The minimum atomic E-state index is -1.92. The van der Waals surface area contributed by atoms with Gasteiger partial charge in [-0.2, -0.15) is 0 Å². The van der Waals surface area contributed by atoms with Crippen LogP contribution in [0.25, 0.3) is 0 Å². The summed E-state index contributed by atoms with van der Waals surface area (Å²) in [7, 11) is -0.180. The summed E-state index contributed by atoms with van der Waals surface area (Å²) >= 11 is 0. The molecule has 0 aliphatic carbocycles. The van der Waals surface area contributed by atoms with Crippen molar-refractivity contribution >= 4 is 9.53 Å². The molecule has 244 valence electrons. The van der Waals surface area contributed by atoms with Crippen LogP contribution in [0.5, 0.6) is 0 Å². The van der Waals surface area contributed by atoms with Gasteiger partial charge in [-0.25, -0.2) is 0 Å². The summed E-state index contributed by atoms with van der Waals surface area (Å²) in [5.41, 5.74) is 0. The first-order valence-electron chi connectivity index (χ1n) is 18.4. The van der Waals surface area contributed by atoms with Gasteiger partial charge in [0, 0.05) is 20.3 Å². The number of allylic oxidation sites excluding steroid dienone is 4. The zero-order valence-electron chi connectivity index (χ0n) is 28.3. The normalized spacial score (nSPS) is 12.8. The Labute approximate surface area is 260 Å². The van der Waals surface area contributed by atoms with E-state index >= 15 is 0 Å². The van der Waals surface area contributed by atoms with Gasteiger partial charge in [0.2, 0.25) is 0 Å². The van der Waals surface area contributed by atoms with Gasteiger partial charge < -0.3 is 13.3 Å². The molecule has 4 heteroatoms. The maximum Gasteiger partial charge on any atom is 0.483 e. The van der Waals surface area contributed by atoms with Gasteiger partial charge in [-0.05, 0) is 64.2 Å². The first-order chi connectivity index (χ1) is 20.3. The van der Waals surface area contributed by atoms with Crippen LogP contribution in [-0.2, 0) is 13.3 Å². The molecule has 0 aliphatic heterocycles. The molecule has 0 radical (unpaired) electrons. The van der Waals surface area contributed by atoms with Gasteiger partial charge in [-0.1, -0.05) is 154 Å². The Balaban J connectivity index is 3.33. The smallest absolute Gasteiger partial charge is 0.379 e. The van der Waals surface area contributed by atoms with Crippen LogP contribution < -0.4 is 0 Å². The number of hydrogen-bond acceptors (Lipinski definition) is 3. The van der Waals surface area contributed by atoms with E-state index in [2.05, 4.69) is 38.2 Å². The highest BCUT2D eigenvalue weighted by Crippen LogP contribution is 2.12. The van der Waals surface area contributed by atoms with Crippen molar-refractivity contribution in [3.8, 4) is 0 Å². The first kappa shape index (κ1) is 40.6. The predicted molar refractivity (Wildman–Crippen MR) is 185 cm³/mol. The van der Waals surface area contributed by atoms with Crippen LogP contribution in [0.3, 0.4) is 0 Å². The molecule has 0 amide bonds. The van der Waals surface area contributed by atoms with Crippen molar-refractivity contribution in [3.63, 3.8) is 0 Å². The van der Waals surface area contributed by atoms with E-state index in [0.29, 0.717) is 0 Å². The monoisotopic (exact) mass is 595 g/mol. The summed E-state index contributed by atoms with van der Waals surface area (Å²) in [4.78, 5) is 0. The van der Waals surface area contributed by atoms with Crippen molar-refractivity contribution in [1.82, 2.24) is 0 Å². The molecule has 3 nitrogen and oxygen atoms in total. The van der Waals surface area contributed by atoms with Gasteiger partial charge in [0.05, 0.1) is 0 Å². The molecule has 0 heterocycles. The average Bonchev–Trinajstić information content (AvgIpc) is 2.99. The Bertz CT molecular complexity index is 478. The second-order valence-electron chi connectivity index (χ2n) is 12.1. The van der Waals surface area contributed by atoms with Gasteiger partial charge in [-0.3, -0.25) is 0 Å². The van der Waals surface area contributed by atoms with E-state index in [1.165, 1.54) is 167 Å². The third kappa shape index (κ3) is 35.7.